The lowest BCUT2D eigenvalue weighted by Crippen LogP contribution is -2.41. The summed E-state index contributed by atoms with van der Waals surface area (Å²) >= 11 is 0. The quantitative estimate of drug-likeness (QED) is 0.837. The van der Waals surface area contributed by atoms with E-state index < -0.39 is 6.09 Å². The predicted molar refractivity (Wildman–Crippen MR) is 82.0 cm³/mol. The second kappa shape index (κ2) is 5.89. The summed E-state index contributed by atoms with van der Waals surface area (Å²) in [4.78, 5) is 22.3. The summed E-state index contributed by atoms with van der Waals surface area (Å²) in [6.45, 7) is 1.53. The monoisotopic (exact) mass is 296 g/mol. The number of rotatable bonds is 2. The Hall–Kier alpha value is -2.82. The molecular weight excluding hydrogens is 280 g/mol. The average molecular weight is 296 g/mol. The highest BCUT2D eigenvalue weighted by atomic mass is 16.6. The van der Waals surface area contributed by atoms with Gasteiger partial charge in [0, 0.05) is 12.8 Å². The maximum absolute atomic E-state index is 11.6. The van der Waals surface area contributed by atoms with Crippen LogP contribution in [0.2, 0.25) is 0 Å². The van der Waals surface area contributed by atoms with Gasteiger partial charge in [-0.2, -0.15) is 0 Å². The zero-order valence-electron chi connectivity index (χ0n) is 12.1. The maximum Gasteiger partial charge on any atom is 0.426 e. The van der Waals surface area contributed by atoms with Crippen molar-refractivity contribution in [2.75, 3.05) is 6.61 Å². The fourth-order valence-corrected chi connectivity index (χ4v) is 2.77. The molecule has 2 N–H and O–H groups in total. The minimum absolute atomic E-state index is 0.00970. The predicted octanol–water partition coefficient (Wildman–Crippen LogP) is 2.58. The fourth-order valence-electron chi connectivity index (χ4n) is 2.77. The first-order chi connectivity index (χ1) is 10.7. The van der Waals surface area contributed by atoms with Crippen LogP contribution in [0.3, 0.4) is 0 Å². The topological polar surface area (TPSA) is 67.4 Å². The third kappa shape index (κ3) is 2.65. The molecule has 0 aliphatic heterocycles. The third-order valence-corrected chi connectivity index (χ3v) is 3.68. The molecule has 5 heteroatoms. The molecule has 1 aliphatic rings. The van der Waals surface area contributed by atoms with Gasteiger partial charge in [-0.05, 0) is 22.3 Å². The first-order valence-corrected chi connectivity index (χ1v) is 7.04. The Kier molecular flexibility index (Phi) is 3.78. The number of hydrogen-bond donors (Lipinski definition) is 2. The Labute approximate surface area is 128 Å². The molecule has 2 amide bonds. The molecule has 22 heavy (non-hydrogen) atoms. The summed E-state index contributed by atoms with van der Waals surface area (Å²) in [5, 5.41) is 0. The van der Waals surface area contributed by atoms with E-state index in [4.69, 9.17) is 4.74 Å². The Bertz CT molecular complexity index is 682. The number of hydrogen-bond acceptors (Lipinski definition) is 3. The lowest BCUT2D eigenvalue weighted by Gasteiger charge is -2.14. The molecular formula is C17H16N2O3. The van der Waals surface area contributed by atoms with E-state index in [0.717, 1.165) is 11.1 Å². The number of hydrazine groups is 1. The van der Waals surface area contributed by atoms with Crippen LogP contribution in [0.25, 0.3) is 11.1 Å². The van der Waals surface area contributed by atoms with E-state index in [1.54, 1.807) is 0 Å². The minimum Gasteiger partial charge on any atom is -0.447 e. The van der Waals surface area contributed by atoms with Crippen LogP contribution >= 0.6 is 0 Å². The van der Waals surface area contributed by atoms with Gasteiger partial charge in [-0.1, -0.05) is 48.5 Å². The first-order valence-electron chi connectivity index (χ1n) is 7.04. The Morgan fingerprint density at radius 3 is 2.05 bits per heavy atom. The number of amides is 2. The van der Waals surface area contributed by atoms with Gasteiger partial charge in [0.15, 0.2) is 0 Å². The van der Waals surface area contributed by atoms with Gasteiger partial charge in [0.1, 0.15) is 6.61 Å². The standard InChI is InChI=1S/C17H16N2O3/c1-11(20)18-19-17(21)22-10-16-14-8-4-2-6-12(14)13-7-3-5-9-15(13)16/h2-9,16H,10H2,1H3,(H,18,20)(H,19,21). The summed E-state index contributed by atoms with van der Waals surface area (Å²) in [6.07, 6.45) is -0.669. The summed E-state index contributed by atoms with van der Waals surface area (Å²) in [5.74, 6) is -0.344. The van der Waals surface area contributed by atoms with Crippen molar-refractivity contribution in [2.24, 2.45) is 0 Å². The molecule has 0 saturated heterocycles. The molecule has 0 unspecified atom stereocenters. The summed E-state index contributed by atoms with van der Waals surface area (Å²) in [5.41, 5.74) is 9.04. The summed E-state index contributed by atoms with van der Waals surface area (Å²) in [7, 11) is 0. The SMILES string of the molecule is CC(=O)NNC(=O)OCC1c2ccccc2-c2ccccc21. The number of carbonyl (C=O) groups excluding carboxylic acids is 2. The van der Waals surface area contributed by atoms with Crippen LogP contribution in [0, 0.1) is 0 Å². The van der Waals surface area contributed by atoms with Crippen molar-refractivity contribution in [2.45, 2.75) is 12.8 Å². The number of nitrogens with one attached hydrogen (secondary N) is 2. The van der Waals surface area contributed by atoms with Crippen molar-refractivity contribution < 1.29 is 14.3 Å². The molecule has 0 saturated carbocycles. The van der Waals surface area contributed by atoms with Crippen molar-refractivity contribution in [3.05, 3.63) is 59.7 Å². The average Bonchev–Trinajstić information content (AvgIpc) is 2.85. The summed E-state index contributed by atoms with van der Waals surface area (Å²) in [6, 6.07) is 16.2. The van der Waals surface area contributed by atoms with Crippen LogP contribution in [0.5, 0.6) is 0 Å². The number of ether oxygens (including phenoxy) is 1. The first kappa shape index (κ1) is 14.1. The molecule has 3 rings (SSSR count). The maximum atomic E-state index is 11.6. The largest absolute Gasteiger partial charge is 0.447 e. The van der Waals surface area contributed by atoms with E-state index in [-0.39, 0.29) is 18.4 Å². The van der Waals surface area contributed by atoms with E-state index in [1.165, 1.54) is 18.1 Å². The molecule has 0 spiro atoms. The van der Waals surface area contributed by atoms with Crippen LogP contribution in [0.1, 0.15) is 24.0 Å². The fraction of sp³-hybridized carbons (Fsp3) is 0.176. The highest BCUT2D eigenvalue weighted by Gasteiger charge is 2.28. The minimum atomic E-state index is -0.669. The molecule has 0 aromatic heterocycles. The molecule has 112 valence electrons. The second-order valence-electron chi connectivity index (χ2n) is 5.13. The van der Waals surface area contributed by atoms with Gasteiger partial charge in [0.25, 0.3) is 0 Å². The molecule has 0 bridgehead atoms. The van der Waals surface area contributed by atoms with E-state index in [2.05, 4.69) is 35.1 Å². The van der Waals surface area contributed by atoms with Gasteiger partial charge in [-0.25, -0.2) is 10.2 Å². The Morgan fingerprint density at radius 2 is 1.50 bits per heavy atom. The van der Waals surface area contributed by atoms with E-state index in [0.29, 0.717) is 0 Å². The van der Waals surface area contributed by atoms with Gasteiger partial charge >= 0.3 is 6.09 Å². The molecule has 0 radical (unpaired) electrons. The van der Waals surface area contributed by atoms with Crippen molar-refractivity contribution >= 4 is 12.0 Å². The highest BCUT2D eigenvalue weighted by molar-refractivity contribution is 5.79. The van der Waals surface area contributed by atoms with E-state index >= 15 is 0 Å². The Balaban J connectivity index is 1.77. The van der Waals surface area contributed by atoms with Crippen LogP contribution in [-0.2, 0) is 9.53 Å². The number of fused-ring (bicyclic) bond motifs is 3. The van der Waals surface area contributed by atoms with Crippen LogP contribution < -0.4 is 10.9 Å². The van der Waals surface area contributed by atoms with Crippen molar-refractivity contribution in [3.8, 4) is 11.1 Å². The zero-order chi connectivity index (χ0) is 15.5. The summed E-state index contributed by atoms with van der Waals surface area (Å²) < 4.78 is 5.23. The third-order valence-electron chi connectivity index (χ3n) is 3.68. The molecule has 0 atom stereocenters. The van der Waals surface area contributed by atoms with E-state index in [1.807, 2.05) is 24.3 Å². The van der Waals surface area contributed by atoms with Crippen LogP contribution in [0.15, 0.2) is 48.5 Å². The van der Waals surface area contributed by atoms with Crippen molar-refractivity contribution in [3.63, 3.8) is 0 Å². The second-order valence-corrected chi connectivity index (χ2v) is 5.13. The van der Waals surface area contributed by atoms with Gasteiger partial charge in [-0.15, -0.1) is 0 Å². The van der Waals surface area contributed by atoms with Gasteiger partial charge in [0.05, 0.1) is 0 Å². The molecule has 1 aliphatic carbocycles. The van der Waals surface area contributed by atoms with Crippen molar-refractivity contribution in [1.82, 2.24) is 10.9 Å². The van der Waals surface area contributed by atoms with Crippen LogP contribution in [0.4, 0.5) is 4.79 Å². The van der Waals surface area contributed by atoms with Gasteiger partial charge in [0.2, 0.25) is 5.91 Å². The van der Waals surface area contributed by atoms with E-state index in [9.17, 15) is 9.59 Å². The number of carbonyl (C=O) groups is 2. The molecule has 2 aromatic carbocycles. The van der Waals surface area contributed by atoms with Crippen molar-refractivity contribution in [1.29, 1.82) is 0 Å². The molecule has 0 fully saturated rings. The lowest BCUT2D eigenvalue weighted by molar-refractivity contribution is -0.119. The Morgan fingerprint density at radius 1 is 0.955 bits per heavy atom. The molecule has 2 aromatic rings. The van der Waals surface area contributed by atoms with Crippen LogP contribution in [-0.4, -0.2) is 18.6 Å². The highest BCUT2D eigenvalue weighted by Crippen LogP contribution is 2.44. The number of benzene rings is 2. The lowest BCUT2D eigenvalue weighted by atomic mass is 9.98. The zero-order valence-corrected chi connectivity index (χ0v) is 12.1. The smallest absolute Gasteiger partial charge is 0.426 e. The normalized spacial score (nSPS) is 12.2. The van der Waals surface area contributed by atoms with Gasteiger partial charge < -0.3 is 4.74 Å². The molecule has 5 nitrogen and oxygen atoms in total. The molecule has 0 heterocycles. The van der Waals surface area contributed by atoms with Gasteiger partial charge in [-0.3, -0.25) is 10.2 Å².